The van der Waals surface area contributed by atoms with Crippen LogP contribution in [0.1, 0.15) is 37.6 Å². The second kappa shape index (κ2) is 7.37. The summed E-state index contributed by atoms with van der Waals surface area (Å²) in [7, 11) is 0. The van der Waals surface area contributed by atoms with Crippen molar-refractivity contribution in [3.05, 3.63) is 39.9 Å². The normalized spacial score (nSPS) is 13.1. The van der Waals surface area contributed by atoms with Gasteiger partial charge in [-0.15, -0.1) is 0 Å². The lowest BCUT2D eigenvalue weighted by molar-refractivity contribution is -0.384. The van der Waals surface area contributed by atoms with Gasteiger partial charge in [-0.2, -0.15) is 0 Å². The third kappa shape index (κ3) is 4.87. The maximum Gasteiger partial charge on any atom is 0.270 e. The number of benzene rings is 1. The van der Waals surface area contributed by atoms with Gasteiger partial charge in [0.25, 0.3) is 11.6 Å². The second-order valence-corrected chi connectivity index (χ2v) is 4.82. The maximum absolute atomic E-state index is 12.0. The van der Waals surface area contributed by atoms with Crippen molar-refractivity contribution in [2.24, 2.45) is 0 Å². The monoisotopic (exact) mass is 293 g/mol. The largest absolute Gasteiger partial charge is 0.352 e. The molecule has 0 aromatic heterocycles. The van der Waals surface area contributed by atoms with E-state index in [4.69, 9.17) is 0 Å². The molecule has 2 amide bonds. The molecule has 2 unspecified atom stereocenters. The van der Waals surface area contributed by atoms with Crippen molar-refractivity contribution in [3.8, 4) is 0 Å². The van der Waals surface area contributed by atoms with E-state index in [0.29, 0.717) is 0 Å². The van der Waals surface area contributed by atoms with E-state index >= 15 is 0 Å². The summed E-state index contributed by atoms with van der Waals surface area (Å²) in [4.78, 5) is 33.9. The molecule has 21 heavy (non-hydrogen) atoms. The van der Waals surface area contributed by atoms with E-state index in [1.807, 2.05) is 13.8 Å². The van der Waals surface area contributed by atoms with Crippen LogP contribution in [0.2, 0.25) is 0 Å². The highest BCUT2D eigenvalue weighted by molar-refractivity contribution is 5.97. The van der Waals surface area contributed by atoms with Crippen molar-refractivity contribution in [3.63, 3.8) is 0 Å². The maximum atomic E-state index is 12.0. The van der Waals surface area contributed by atoms with E-state index < -0.39 is 16.9 Å². The number of nitro benzene ring substituents is 1. The molecule has 1 aromatic rings. The molecule has 0 aliphatic rings. The first-order chi connectivity index (χ1) is 9.85. The van der Waals surface area contributed by atoms with Gasteiger partial charge < -0.3 is 10.6 Å². The fourth-order valence-corrected chi connectivity index (χ4v) is 1.58. The minimum absolute atomic E-state index is 0.0228. The minimum Gasteiger partial charge on any atom is -0.352 e. The number of hydrogen-bond donors (Lipinski definition) is 2. The van der Waals surface area contributed by atoms with Gasteiger partial charge in [-0.25, -0.2) is 0 Å². The lowest BCUT2D eigenvalue weighted by Gasteiger charge is -2.17. The molecule has 0 saturated heterocycles. The molecule has 114 valence electrons. The quantitative estimate of drug-likeness (QED) is 0.614. The number of nitro groups is 1. The van der Waals surface area contributed by atoms with Crippen molar-refractivity contribution in [2.45, 2.75) is 39.3 Å². The van der Waals surface area contributed by atoms with Gasteiger partial charge in [-0.05, 0) is 26.3 Å². The Labute approximate surface area is 122 Å². The summed E-state index contributed by atoms with van der Waals surface area (Å²) in [5.74, 6) is -0.811. The third-order valence-corrected chi connectivity index (χ3v) is 3.06. The molecule has 0 fully saturated rings. The molecule has 0 saturated carbocycles. The van der Waals surface area contributed by atoms with E-state index in [1.54, 1.807) is 6.92 Å². The number of nitrogens with one attached hydrogen (secondary N) is 2. The van der Waals surface area contributed by atoms with Crippen LogP contribution in [0.4, 0.5) is 5.69 Å². The van der Waals surface area contributed by atoms with Crippen LogP contribution < -0.4 is 10.6 Å². The SMILES string of the molecule is CCC(C)NC(=O)C(C)NC(=O)c1cccc([N+](=O)[O-])c1. The fourth-order valence-electron chi connectivity index (χ4n) is 1.58. The fraction of sp³-hybridized carbons (Fsp3) is 0.429. The third-order valence-electron chi connectivity index (χ3n) is 3.06. The Morgan fingerprint density at radius 3 is 2.52 bits per heavy atom. The highest BCUT2D eigenvalue weighted by Gasteiger charge is 2.18. The number of hydrogen-bond acceptors (Lipinski definition) is 4. The van der Waals surface area contributed by atoms with Gasteiger partial charge in [0, 0.05) is 23.7 Å². The van der Waals surface area contributed by atoms with E-state index in [1.165, 1.54) is 24.3 Å². The van der Waals surface area contributed by atoms with Gasteiger partial charge in [-0.3, -0.25) is 19.7 Å². The highest BCUT2D eigenvalue weighted by Crippen LogP contribution is 2.13. The zero-order valence-corrected chi connectivity index (χ0v) is 12.3. The predicted octanol–water partition coefficient (Wildman–Crippen LogP) is 1.63. The standard InChI is InChI=1S/C14H19N3O4/c1-4-9(2)15-13(18)10(3)16-14(19)11-6-5-7-12(8-11)17(20)21/h5-10H,4H2,1-3H3,(H,15,18)(H,16,19). The van der Waals surface area contributed by atoms with Gasteiger partial charge >= 0.3 is 0 Å². The first-order valence-corrected chi connectivity index (χ1v) is 6.70. The summed E-state index contributed by atoms with van der Waals surface area (Å²) >= 11 is 0. The van der Waals surface area contributed by atoms with Crippen molar-refractivity contribution in [2.75, 3.05) is 0 Å². The molecule has 2 N–H and O–H groups in total. The van der Waals surface area contributed by atoms with Gasteiger partial charge in [0.15, 0.2) is 0 Å². The zero-order valence-electron chi connectivity index (χ0n) is 12.3. The molecular weight excluding hydrogens is 274 g/mol. The molecule has 0 spiro atoms. The van der Waals surface area contributed by atoms with E-state index in [-0.39, 0.29) is 23.2 Å². The Morgan fingerprint density at radius 2 is 1.95 bits per heavy atom. The molecule has 0 aliphatic carbocycles. The van der Waals surface area contributed by atoms with Gasteiger partial charge in [0.1, 0.15) is 6.04 Å². The van der Waals surface area contributed by atoms with Gasteiger partial charge in [0.2, 0.25) is 5.91 Å². The summed E-state index contributed by atoms with van der Waals surface area (Å²) in [6.07, 6.45) is 0.789. The van der Waals surface area contributed by atoms with E-state index in [2.05, 4.69) is 10.6 Å². The number of nitrogens with zero attached hydrogens (tertiary/aromatic N) is 1. The Hall–Kier alpha value is -2.44. The smallest absolute Gasteiger partial charge is 0.270 e. The molecule has 2 atom stereocenters. The van der Waals surface area contributed by atoms with Gasteiger partial charge in [0.05, 0.1) is 4.92 Å². The Kier molecular flexibility index (Phi) is 5.83. The van der Waals surface area contributed by atoms with E-state index in [0.717, 1.165) is 6.42 Å². The summed E-state index contributed by atoms with van der Waals surface area (Å²) in [6, 6.07) is 4.67. The van der Waals surface area contributed by atoms with Crippen LogP contribution in [-0.2, 0) is 4.79 Å². The van der Waals surface area contributed by atoms with Crippen LogP contribution >= 0.6 is 0 Å². The Bertz CT molecular complexity index is 545. The second-order valence-electron chi connectivity index (χ2n) is 4.82. The number of carbonyl (C=O) groups excluding carboxylic acids is 2. The van der Waals surface area contributed by atoms with Crippen LogP contribution in [0.3, 0.4) is 0 Å². The molecule has 7 nitrogen and oxygen atoms in total. The van der Waals surface area contributed by atoms with Crippen molar-refractivity contribution in [1.82, 2.24) is 10.6 Å². The molecule has 0 heterocycles. The number of non-ortho nitro benzene ring substituents is 1. The van der Waals surface area contributed by atoms with Crippen molar-refractivity contribution in [1.29, 1.82) is 0 Å². The summed E-state index contributed by atoms with van der Waals surface area (Å²) in [6.45, 7) is 5.37. The molecule has 0 radical (unpaired) electrons. The average Bonchev–Trinajstić information content (AvgIpc) is 2.46. The number of rotatable bonds is 6. The van der Waals surface area contributed by atoms with Crippen molar-refractivity contribution >= 4 is 17.5 Å². The average molecular weight is 293 g/mol. The van der Waals surface area contributed by atoms with Gasteiger partial charge in [-0.1, -0.05) is 13.0 Å². The molecule has 1 aromatic carbocycles. The molecule has 0 aliphatic heterocycles. The van der Waals surface area contributed by atoms with Crippen molar-refractivity contribution < 1.29 is 14.5 Å². The minimum atomic E-state index is -0.717. The summed E-state index contributed by atoms with van der Waals surface area (Å²) < 4.78 is 0. The lowest BCUT2D eigenvalue weighted by atomic mass is 10.1. The summed E-state index contributed by atoms with van der Waals surface area (Å²) in [5.41, 5.74) is -0.0215. The van der Waals surface area contributed by atoms with Crippen LogP contribution in [0, 0.1) is 10.1 Å². The first-order valence-electron chi connectivity index (χ1n) is 6.70. The molecule has 1 rings (SSSR count). The topological polar surface area (TPSA) is 101 Å². The summed E-state index contributed by atoms with van der Waals surface area (Å²) in [5, 5.41) is 15.9. The van der Waals surface area contributed by atoms with Crippen LogP contribution in [0.25, 0.3) is 0 Å². The van der Waals surface area contributed by atoms with Crippen LogP contribution in [0.5, 0.6) is 0 Å². The molecule has 0 bridgehead atoms. The van der Waals surface area contributed by atoms with Crippen LogP contribution in [0.15, 0.2) is 24.3 Å². The number of carbonyl (C=O) groups is 2. The molecular formula is C14H19N3O4. The Morgan fingerprint density at radius 1 is 1.29 bits per heavy atom. The zero-order chi connectivity index (χ0) is 16.0. The van der Waals surface area contributed by atoms with E-state index in [9.17, 15) is 19.7 Å². The Balaban J connectivity index is 2.70. The lowest BCUT2D eigenvalue weighted by Crippen LogP contribution is -2.47. The molecule has 7 heteroatoms. The van der Waals surface area contributed by atoms with Crippen LogP contribution in [-0.4, -0.2) is 28.8 Å². The highest BCUT2D eigenvalue weighted by atomic mass is 16.6. The first kappa shape index (κ1) is 16.6. The number of amides is 2. The predicted molar refractivity (Wildman–Crippen MR) is 77.9 cm³/mol.